The lowest BCUT2D eigenvalue weighted by atomic mass is 10.0. The van der Waals surface area contributed by atoms with Gasteiger partial charge in [-0.15, -0.1) is 0 Å². The van der Waals surface area contributed by atoms with Gasteiger partial charge in [-0.1, -0.05) is 39.1 Å². The Balaban J connectivity index is 1.95. The summed E-state index contributed by atoms with van der Waals surface area (Å²) in [6.45, 7) is 0. The highest BCUT2D eigenvalue weighted by atomic mass is 79.9. The van der Waals surface area contributed by atoms with Crippen LogP contribution in [0, 0.1) is 5.92 Å². The molecule has 1 aromatic heterocycles. The first-order valence-electron chi connectivity index (χ1n) is 5.85. The third-order valence-corrected chi connectivity index (χ3v) is 5.14. The minimum absolute atomic E-state index is 0.219. The maximum atomic E-state index is 12.0. The Morgan fingerprint density at radius 2 is 2.05 bits per heavy atom. The van der Waals surface area contributed by atoms with Crippen LogP contribution in [0.2, 0.25) is 10.0 Å². The number of Topliss-reactive ketones (excluding diaryl/α,β-unsaturated/α-hetero) is 1. The normalized spacial score (nSPS) is 16.8. The van der Waals surface area contributed by atoms with Crippen molar-refractivity contribution in [2.75, 3.05) is 0 Å². The molecule has 3 nitrogen and oxygen atoms in total. The van der Waals surface area contributed by atoms with E-state index in [1.165, 1.54) is 0 Å². The molecule has 0 aliphatic heterocycles. The summed E-state index contributed by atoms with van der Waals surface area (Å²) in [5.74, 6) is 0.474. The molecule has 2 aromatic rings. The topological polar surface area (TPSA) is 42.9 Å². The lowest BCUT2D eigenvalue weighted by Crippen LogP contribution is -2.18. The zero-order chi connectivity index (χ0) is 13.6. The number of rotatable bonds is 4. The minimum atomic E-state index is -0.219. The largest absolute Gasteiger partial charge is 0.298 e. The first-order valence-corrected chi connectivity index (χ1v) is 8.25. The monoisotopic (exact) mass is 378 g/mol. The summed E-state index contributed by atoms with van der Waals surface area (Å²) in [7, 11) is 0. The van der Waals surface area contributed by atoms with Crippen LogP contribution in [0.5, 0.6) is 0 Å². The zero-order valence-electron chi connectivity index (χ0n) is 9.70. The fourth-order valence-electron chi connectivity index (χ4n) is 2.02. The molecule has 3 rings (SSSR count). The van der Waals surface area contributed by atoms with Gasteiger partial charge in [-0.25, -0.2) is 0 Å². The van der Waals surface area contributed by atoms with Gasteiger partial charge in [0.1, 0.15) is 16.8 Å². The number of ketones is 1. The van der Waals surface area contributed by atoms with E-state index in [1.54, 1.807) is 6.07 Å². The molecular formula is C12H9BrCl2N2OS. The number of nitrogens with zero attached hydrogens (tertiary/aromatic N) is 2. The van der Waals surface area contributed by atoms with Gasteiger partial charge in [-0.2, -0.15) is 8.75 Å². The van der Waals surface area contributed by atoms with Gasteiger partial charge < -0.3 is 0 Å². The minimum Gasteiger partial charge on any atom is -0.298 e. The predicted molar refractivity (Wildman–Crippen MR) is 81.6 cm³/mol. The SMILES string of the molecule is O=C(C(Br)Cc1c(Cl)cc(Cl)c2nsnc12)C1CC1. The molecule has 19 heavy (non-hydrogen) atoms. The van der Waals surface area contributed by atoms with E-state index in [-0.39, 0.29) is 16.5 Å². The molecule has 100 valence electrons. The number of fused-ring (bicyclic) bond motifs is 1. The van der Waals surface area contributed by atoms with E-state index in [0.717, 1.165) is 30.1 Å². The Morgan fingerprint density at radius 3 is 2.74 bits per heavy atom. The van der Waals surface area contributed by atoms with Crippen LogP contribution in [-0.4, -0.2) is 19.4 Å². The van der Waals surface area contributed by atoms with Gasteiger partial charge in [0.05, 0.1) is 21.6 Å². The second kappa shape index (κ2) is 5.28. The number of carbonyl (C=O) groups is 1. The first kappa shape index (κ1) is 13.7. The standard InChI is InChI=1S/C12H9BrCl2N2OS/c13-7(12(18)5-1-2-5)3-6-8(14)4-9(15)11-10(6)16-19-17-11/h4-5,7H,1-3H2. The number of carbonyl (C=O) groups excluding carboxylic acids is 1. The molecule has 0 spiro atoms. The van der Waals surface area contributed by atoms with E-state index in [2.05, 4.69) is 24.7 Å². The fraction of sp³-hybridized carbons (Fsp3) is 0.417. The van der Waals surface area contributed by atoms with Gasteiger partial charge in [0.2, 0.25) is 0 Å². The smallest absolute Gasteiger partial charge is 0.149 e. The summed E-state index contributed by atoms with van der Waals surface area (Å²) < 4.78 is 8.40. The van der Waals surface area contributed by atoms with Crippen LogP contribution in [-0.2, 0) is 11.2 Å². The highest BCUT2D eigenvalue weighted by molar-refractivity contribution is 9.10. The molecule has 1 atom stereocenters. The summed E-state index contributed by atoms with van der Waals surface area (Å²) in [5.41, 5.74) is 2.20. The van der Waals surface area contributed by atoms with Gasteiger partial charge in [0, 0.05) is 16.5 Å². The van der Waals surface area contributed by atoms with Gasteiger partial charge in [-0.3, -0.25) is 4.79 Å². The Bertz CT molecular complexity index is 656. The highest BCUT2D eigenvalue weighted by Crippen LogP contribution is 2.36. The summed E-state index contributed by atoms with van der Waals surface area (Å²) in [6.07, 6.45) is 2.53. The van der Waals surface area contributed by atoms with Crippen molar-refractivity contribution in [1.29, 1.82) is 0 Å². The Morgan fingerprint density at radius 1 is 1.37 bits per heavy atom. The van der Waals surface area contributed by atoms with Crippen LogP contribution in [0.25, 0.3) is 11.0 Å². The molecular weight excluding hydrogens is 371 g/mol. The molecule has 1 aromatic carbocycles. The molecule has 0 bridgehead atoms. The molecule has 1 unspecified atom stereocenters. The highest BCUT2D eigenvalue weighted by Gasteiger charge is 2.34. The van der Waals surface area contributed by atoms with Crippen molar-refractivity contribution in [3.8, 4) is 0 Å². The summed E-state index contributed by atoms with van der Waals surface area (Å²) in [4.78, 5) is 11.8. The zero-order valence-corrected chi connectivity index (χ0v) is 13.6. The number of aromatic nitrogens is 2. The van der Waals surface area contributed by atoms with Crippen LogP contribution in [0.3, 0.4) is 0 Å². The molecule has 7 heteroatoms. The Labute approximate surface area is 132 Å². The van der Waals surface area contributed by atoms with Crippen molar-refractivity contribution in [2.45, 2.75) is 24.1 Å². The van der Waals surface area contributed by atoms with Gasteiger partial charge >= 0.3 is 0 Å². The van der Waals surface area contributed by atoms with E-state index in [9.17, 15) is 4.79 Å². The lowest BCUT2D eigenvalue weighted by Gasteiger charge is -2.10. The van der Waals surface area contributed by atoms with Crippen LogP contribution in [0.15, 0.2) is 6.07 Å². The summed E-state index contributed by atoms with van der Waals surface area (Å²) >= 11 is 16.9. The summed E-state index contributed by atoms with van der Waals surface area (Å²) in [5, 5.41) is 1.04. The lowest BCUT2D eigenvalue weighted by molar-refractivity contribution is -0.119. The van der Waals surface area contributed by atoms with E-state index >= 15 is 0 Å². The third kappa shape index (κ3) is 2.66. The van der Waals surface area contributed by atoms with Crippen molar-refractivity contribution in [2.24, 2.45) is 5.92 Å². The quantitative estimate of drug-likeness (QED) is 0.744. The number of hydrogen-bond donors (Lipinski definition) is 0. The molecule has 0 saturated heterocycles. The molecule has 1 heterocycles. The fourth-order valence-corrected chi connectivity index (χ4v) is 3.93. The third-order valence-electron chi connectivity index (χ3n) is 3.21. The van der Waals surface area contributed by atoms with Crippen LogP contribution < -0.4 is 0 Å². The van der Waals surface area contributed by atoms with Crippen LogP contribution in [0.1, 0.15) is 18.4 Å². The van der Waals surface area contributed by atoms with Gasteiger partial charge in [0.15, 0.2) is 0 Å². The molecule has 1 saturated carbocycles. The van der Waals surface area contributed by atoms with Crippen molar-refractivity contribution in [1.82, 2.24) is 8.75 Å². The number of hydrogen-bond acceptors (Lipinski definition) is 4. The Kier molecular flexibility index (Phi) is 3.82. The van der Waals surface area contributed by atoms with E-state index in [4.69, 9.17) is 23.2 Å². The number of alkyl halides is 1. The second-order valence-electron chi connectivity index (χ2n) is 4.63. The molecule has 0 N–H and O–H groups in total. The van der Waals surface area contributed by atoms with Crippen molar-refractivity contribution >= 4 is 67.7 Å². The van der Waals surface area contributed by atoms with Crippen molar-refractivity contribution in [3.63, 3.8) is 0 Å². The number of benzene rings is 1. The first-order chi connectivity index (χ1) is 9.08. The maximum Gasteiger partial charge on any atom is 0.149 e. The molecule has 1 fully saturated rings. The second-order valence-corrected chi connectivity index (χ2v) is 7.08. The van der Waals surface area contributed by atoms with E-state index < -0.39 is 0 Å². The van der Waals surface area contributed by atoms with Gasteiger partial charge in [-0.05, 0) is 25.3 Å². The molecule has 0 amide bonds. The van der Waals surface area contributed by atoms with E-state index in [0.29, 0.717) is 27.5 Å². The predicted octanol–water partition coefficient (Wildman–Crippen LogP) is 4.28. The van der Waals surface area contributed by atoms with Gasteiger partial charge in [0.25, 0.3) is 0 Å². The average Bonchev–Trinajstić information content (AvgIpc) is 3.10. The molecule has 1 aliphatic rings. The van der Waals surface area contributed by atoms with E-state index in [1.807, 2.05) is 0 Å². The molecule has 1 aliphatic carbocycles. The van der Waals surface area contributed by atoms with Crippen molar-refractivity contribution in [3.05, 3.63) is 21.7 Å². The maximum absolute atomic E-state index is 12.0. The number of halogens is 3. The Hall–Kier alpha value is -0.230. The molecule has 0 radical (unpaired) electrons. The van der Waals surface area contributed by atoms with Crippen molar-refractivity contribution < 1.29 is 4.79 Å². The van der Waals surface area contributed by atoms with Crippen LogP contribution >= 0.6 is 50.9 Å². The summed E-state index contributed by atoms with van der Waals surface area (Å²) in [6, 6.07) is 1.67. The average molecular weight is 380 g/mol. The van der Waals surface area contributed by atoms with Crippen LogP contribution in [0.4, 0.5) is 0 Å².